The van der Waals surface area contributed by atoms with E-state index in [0.29, 0.717) is 24.7 Å². The van der Waals surface area contributed by atoms with E-state index < -0.39 is 0 Å². The topological polar surface area (TPSA) is 77.3 Å². The van der Waals surface area contributed by atoms with Crippen LogP contribution in [0.15, 0.2) is 57.9 Å². The van der Waals surface area contributed by atoms with Crippen molar-refractivity contribution in [3.8, 4) is 17.1 Å². The summed E-state index contributed by atoms with van der Waals surface area (Å²) in [7, 11) is 1.64. The van der Waals surface area contributed by atoms with Crippen LogP contribution in [-0.2, 0) is 11.2 Å². The van der Waals surface area contributed by atoms with Crippen LogP contribution in [0.1, 0.15) is 37.1 Å². The number of hydrogen-bond donors (Lipinski definition) is 1. The van der Waals surface area contributed by atoms with E-state index >= 15 is 0 Å². The summed E-state index contributed by atoms with van der Waals surface area (Å²) in [5.41, 5.74) is 2.15. The van der Waals surface area contributed by atoms with Crippen molar-refractivity contribution >= 4 is 17.7 Å². The molecule has 1 heterocycles. The van der Waals surface area contributed by atoms with Gasteiger partial charge in [-0.25, -0.2) is 0 Å². The van der Waals surface area contributed by atoms with Crippen LogP contribution in [0.25, 0.3) is 11.4 Å². The van der Waals surface area contributed by atoms with Gasteiger partial charge in [0.25, 0.3) is 0 Å². The van der Waals surface area contributed by atoms with Gasteiger partial charge in [0.05, 0.1) is 7.11 Å². The van der Waals surface area contributed by atoms with Gasteiger partial charge >= 0.3 is 0 Å². The van der Waals surface area contributed by atoms with Gasteiger partial charge < -0.3 is 14.6 Å². The predicted octanol–water partition coefficient (Wildman–Crippen LogP) is 5.07. The molecule has 7 heteroatoms. The lowest BCUT2D eigenvalue weighted by Gasteiger charge is -2.05. The summed E-state index contributed by atoms with van der Waals surface area (Å²) in [5, 5.41) is 7.05. The molecule has 0 aliphatic heterocycles. The van der Waals surface area contributed by atoms with Gasteiger partial charge in [0, 0.05) is 35.6 Å². The third kappa shape index (κ3) is 7.75. The van der Waals surface area contributed by atoms with E-state index in [9.17, 15) is 4.79 Å². The van der Waals surface area contributed by atoms with Crippen LogP contribution in [0.4, 0.5) is 0 Å². The monoisotopic (exact) mass is 439 g/mol. The van der Waals surface area contributed by atoms with Gasteiger partial charge in [0.1, 0.15) is 5.75 Å². The van der Waals surface area contributed by atoms with Crippen molar-refractivity contribution in [3.63, 3.8) is 0 Å². The second-order valence-electron chi connectivity index (χ2n) is 7.31. The number of aryl methyl sites for hydroxylation is 2. The smallest absolute Gasteiger partial charge is 0.226 e. The molecule has 164 valence electrons. The van der Waals surface area contributed by atoms with E-state index in [-0.39, 0.29) is 5.91 Å². The Morgan fingerprint density at radius 2 is 1.84 bits per heavy atom. The van der Waals surface area contributed by atoms with Crippen LogP contribution < -0.4 is 10.1 Å². The Hall–Kier alpha value is -2.80. The van der Waals surface area contributed by atoms with Crippen LogP contribution in [0.5, 0.6) is 5.75 Å². The van der Waals surface area contributed by atoms with Crippen molar-refractivity contribution in [2.75, 3.05) is 19.4 Å². The maximum absolute atomic E-state index is 12.0. The van der Waals surface area contributed by atoms with Gasteiger partial charge in [-0.15, -0.1) is 11.8 Å². The SMILES string of the molecule is COc1ccc(-c2noc(CCCCCNC(=O)CCSc3ccc(C)cc3)n2)cc1. The van der Waals surface area contributed by atoms with Crippen LogP contribution in [0.2, 0.25) is 0 Å². The molecular formula is C24H29N3O3S. The Labute approximate surface area is 187 Å². The van der Waals surface area contributed by atoms with E-state index in [2.05, 4.69) is 46.6 Å². The number of nitrogens with zero attached hydrogens (tertiary/aromatic N) is 2. The standard InChI is InChI=1S/C24H29N3O3S/c1-18-7-13-21(14-8-18)31-17-15-22(28)25-16-5-3-4-6-23-26-24(27-30-23)19-9-11-20(29-2)12-10-19/h7-14H,3-6,15-17H2,1-2H3,(H,25,28). The van der Waals surface area contributed by atoms with E-state index in [1.165, 1.54) is 10.5 Å². The number of unbranched alkanes of at least 4 members (excludes halogenated alkanes) is 2. The van der Waals surface area contributed by atoms with Crippen LogP contribution in [-0.4, -0.2) is 35.5 Å². The number of thioether (sulfide) groups is 1. The summed E-state index contributed by atoms with van der Waals surface area (Å²) in [4.78, 5) is 17.6. The molecule has 0 spiro atoms. The summed E-state index contributed by atoms with van der Waals surface area (Å²) in [6.07, 6.45) is 4.16. The summed E-state index contributed by atoms with van der Waals surface area (Å²) in [5.74, 6) is 2.93. The van der Waals surface area contributed by atoms with Gasteiger partial charge in [-0.2, -0.15) is 4.98 Å². The van der Waals surface area contributed by atoms with E-state index in [0.717, 1.165) is 42.7 Å². The zero-order valence-corrected chi connectivity index (χ0v) is 18.9. The maximum Gasteiger partial charge on any atom is 0.226 e. The van der Waals surface area contributed by atoms with E-state index in [1.54, 1.807) is 18.9 Å². The Morgan fingerprint density at radius 1 is 1.06 bits per heavy atom. The molecule has 0 saturated heterocycles. The fourth-order valence-corrected chi connectivity index (χ4v) is 3.86. The van der Waals surface area contributed by atoms with Crippen molar-refractivity contribution in [1.82, 2.24) is 15.5 Å². The fourth-order valence-electron chi connectivity index (χ4n) is 3.00. The number of benzene rings is 2. The number of ether oxygens (including phenoxy) is 1. The normalized spacial score (nSPS) is 10.8. The summed E-state index contributed by atoms with van der Waals surface area (Å²) >= 11 is 1.71. The molecule has 6 nitrogen and oxygen atoms in total. The molecule has 0 aliphatic carbocycles. The van der Waals surface area contributed by atoms with E-state index in [1.807, 2.05) is 24.3 Å². The third-order valence-electron chi connectivity index (χ3n) is 4.82. The molecule has 0 aliphatic rings. The molecule has 3 rings (SSSR count). The largest absolute Gasteiger partial charge is 0.497 e. The Morgan fingerprint density at radius 3 is 2.58 bits per heavy atom. The van der Waals surface area contributed by atoms with Gasteiger partial charge in [-0.1, -0.05) is 29.3 Å². The highest BCUT2D eigenvalue weighted by Gasteiger charge is 2.09. The Balaban J connectivity index is 1.25. The van der Waals surface area contributed by atoms with Crippen molar-refractivity contribution in [3.05, 3.63) is 60.0 Å². The van der Waals surface area contributed by atoms with Crippen LogP contribution in [0, 0.1) is 6.92 Å². The van der Waals surface area contributed by atoms with Gasteiger partial charge in [-0.3, -0.25) is 4.79 Å². The lowest BCUT2D eigenvalue weighted by molar-refractivity contribution is -0.120. The molecule has 0 atom stereocenters. The quantitative estimate of drug-likeness (QED) is 0.314. The van der Waals surface area contributed by atoms with Crippen LogP contribution >= 0.6 is 11.8 Å². The first-order chi connectivity index (χ1) is 15.1. The first kappa shape index (κ1) is 22.9. The van der Waals surface area contributed by atoms with Crippen LogP contribution in [0.3, 0.4) is 0 Å². The second kappa shape index (κ2) is 12.2. The number of amides is 1. The fraction of sp³-hybridized carbons (Fsp3) is 0.375. The van der Waals surface area contributed by atoms with Crippen molar-refractivity contribution < 1.29 is 14.1 Å². The average Bonchev–Trinajstić information content (AvgIpc) is 3.26. The van der Waals surface area contributed by atoms with E-state index in [4.69, 9.17) is 9.26 Å². The van der Waals surface area contributed by atoms with Crippen molar-refractivity contribution in [1.29, 1.82) is 0 Å². The maximum atomic E-state index is 12.0. The summed E-state index contributed by atoms with van der Waals surface area (Å²) in [6, 6.07) is 16.0. The number of carbonyl (C=O) groups is 1. The lowest BCUT2D eigenvalue weighted by Crippen LogP contribution is -2.24. The summed E-state index contributed by atoms with van der Waals surface area (Å²) in [6.45, 7) is 2.78. The molecule has 2 aromatic carbocycles. The second-order valence-corrected chi connectivity index (χ2v) is 8.48. The number of rotatable bonds is 12. The number of hydrogen-bond acceptors (Lipinski definition) is 6. The minimum Gasteiger partial charge on any atom is -0.497 e. The third-order valence-corrected chi connectivity index (χ3v) is 5.84. The molecule has 1 aromatic heterocycles. The molecule has 0 fully saturated rings. The molecule has 1 N–H and O–H groups in total. The van der Waals surface area contributed by atoms with Gasteiger partial charge in [0.15, 0.2) is 0 Å². The molecule has 3 aromatic rings. The lowest BCUT2D eigenvalue weighted by atomic mass is 10.2. The number of aromatic nitrogens is 2. The molecule has 0 saturated carbocycles. The highest BCUT2D eigenvalue weighted by atomic mass is 32.2. The number of carbonyl (C=O) groups excluding carboxylic acids is 1. The number of methoxy groups -OCH3 is 1. The minimum atomic E-state index is 0.112. The zero-order valence-electron chi connectivity index (χ0n) is 18.1. The molecule has 0 unspecified atom stereocenters. The molecule has 31 heavy (non-hydrogen) atoms. The highest BCUT2D eigenvalue weighted by Crippen LogP contribution is 2.20. The molecule has 1 amide bonds. The van der Waals surface area contributed by atoms with Crippen molar-refractivity contribution in [2.45, 2.75) is 43.9 Å². The molecule has 0 bridgehead atoms. The first-order valence-electron chi connectivity index (χ1n) is 10.6. The van der Waals surface area contributed by atoms with Crippen molar-refractivity contribution in [2.24, 2.45) is 0 Å². The first-order valence-corrected chi connectivity index (χ1v) is 11.6. The highest BCUT2D eigenvalue weighted by molar-refractivity contribution is 7.99. The predicted molar refractivity (Wildman–Crippen MR) is 123 cm³/mol. The summed E-state index contributed by atoms with van der Waals surface area (Å²) < 4.78 is 10.5. The average molecular weight is 440 g/mol. The van der Waals surface area contributed by atoms with Gasteiger partial charge in [0.2, 0.25) is 17.6 Å². The Bertz CT molecular complexity index is 939. The zero-order chi connectivity index (χ0) is 21.9. The molecule has 0 radical (unpaired) electrons. The Kier molecular flexibility index (Phi) is 8.97. The molecular weight excluding hydrogens is 410 g/mol. The minimum absolute atomic E-state index is 0.112. The number of nitrogens with one attached hydrogen (secondary N) is 1. The van der Waals surface area contributed by atoms with Gasteiger partial charge in [-0.05, 0) is 56.2 Å².